The van der Waals surface area contributed by atoms with Gasteiger partial charge in [-0.05, 0) is 38.6 Å². The Morgan fingerprint density at radius 2 is 2.05 bits per heavy atom. The van der Waals surface area contributed by atoms with Crippen LogP contribution in [0.5, 0.6) is 0 Å². The van der Waals surface area contributed by atoms with E-state index in [9.17, 15) is 5.26 Å². The zero-order valence-corrected chi connectivity index (χ0v) is 11.8. The van der Waals surface area contributed by atoms with E-state index in [4.69, 9.17) is 4.74 Å². The third-order valence-electron chi connectivity index (χ3n) is 3.32. The van der Waals surface area contributed by atoms with Gasteiger partial charge in [-0.15, -0.1) is 0 Å². The van der Waals surface area contributed by atoms with Crippen LogP contribution >= 0.6 is 0 Å². The van der Waals surface area contributed by atoms with Crippen LogP contribution in [-0.4, -0.2) is 32.3 Å². The van der Waals surface area contributed by atoms with E-state index in [0.29, 0.717) is 0 Å². The van der Waals surface area contributed by atoms with E-state index in [0.717, 1.165) is 36.4 Å². The molecule has 0 aromatic heterocycles. The second kappa shape index (κ2) is 6.05. The Kier molecular flexibility index (Phi) is 4.41. The zero-order chi connectivity index (χ0) is 13.8. The van der Waals surface area contributed by atoms with E-state index in [2.05, 4.69) is 42.3 Å². The number of nitrogens with one attached hydrogen (secondary N) is 1. The van der Waals surface area contributed by atoms with Crippen molar-refractivity contribution in [3.05, 3.63) is 29.3 Å². The summed E-state index contributed by atoms with van der Waals surface area (Å²) < 4.78 is 5.74. The van der Waals surface area contributed by atoms with E-state index in [1.165, 1.54) is 0 Å². The Balaban J connectivity index is 2.26. The lowest BCUT2D eigenvalue weighted by atomic mass is 10.1. The van der Waals surface area contributed by atoms with Crippen LogP contribution in [0, 0.1) is 11.3 Å². The van der Waals surface area contributed by atoms with Gasteiger partial charge in [0.05, 0.1) is 23.5 Å². The Hall–Kier alpha value is -1.57. The first-order valence-corrected chi connectivity index (χ1v) is 6.72. The first-order valence-electron chi connectivity index (χ1n) is 6.72. The number of benzene rings is 1. The molecule has 102 valence electrons. The van der Waals surface area contributed by atoms with Gasteiger partial charge in [-0.2, -0.15) is 5.26 Å². The number of nitriles is 1. The topological polar surface area (TPSA) is 48.3 Å². The minimum Gasteiger partial charge on any atom is -0.372 e. The van der Waals surface area contributed by atoms with Crippen LogP contribution in [0.1, 0.15) is 25.0 Å². The van der Waals surface area contributed by atoms with E-state index < -0.39 is 0 Å². The number of morpholine rings is 1. The lowest BCUT2D eigenvalue weighted by molar-refractivity contribution is -0.00522. The molecule has 19 heavy (non-hydrogen) atoms. The molecule has 0 saturated carbocycles. The third kappa shape index (κ3) is 3.25. The van der Waals surface area contributed by atoms with Gasteiger partial charge in [0.15, 0.2) is 0 Å². The summed E-state index contributed by atoms with van der Waals surface area (Å²) in [5.74, 6) is 0. The monoisotopic (exact) mass is 259 g/mol. The zero-order valence-electron chi connectivity index (χ0n) is 11.8. The predicted molar refractivity (Wildman–Crippen MR) is 76.1 cm³/mol. The molecule has 4 nitrogen and oxygen atoms in total. The standard InChI is InChI=1S/C15H21N3O/c1-11-9-18(10-12(2)19-11)15-5-4-13(8-17-3)6-14(15)7-16/h4-6,11-12,17H,8-10H2,1-3H3. The van der Waals surface area contributed by atoms with Gasteiger partial charge in [-0.25, -0.2) is 0 Å². The SMILES string of the molecule is CNCc1ccc(N2CC(C)OC(C)C2)c(C#N)c1. The van der Waals surface area contributed by atoms with Gasteiger partial charge in [-0.3, -0.25) is 0 Å². The Bertz CT molecular complexity index is 471. The van der Waals surface area contributed by atoms with E-state index in [-0.39, 0.29) is 12.2 Å². The molecule has 4 heteroatoms. The molecule has 0 spiro atoms. The minimum atomic E-state index is 0.201. The lowest BCUT2D eigenvalue weighted by Crippen LogP contribution is -2.45. The highest BCUT2D eigenvalue weighted by atomic mass is 16.5. The highest BCUT2D eigenvalue weighted by Crippen LogP contribution is 2.25. The fourth-order valence-corrected chi connectivity index (χ4v) is 2.64. The number of anilines is 1. The molecule has 1 aromatic rings. The summed E-state index contributed by atoms with van der Waals surface area (Å²) in [7, 11) is 1.91. The molecule has 1 fully saturated rings. The van der Waals surface area contributed by atoms with Crippen LogP contribution in [-0.2, 0) is 11.3 Å². The molecule has 1 aromatic carbocycles. The Labute approximate surface area is 115 Å². The summed E-state index contributed by atoms with van der Waals surface area (Å²) in [5.41, 5.74) is 2.90. The number of nitrogens with zero attached hydrogens (tertiary/aromatic N) is 2. The third-order valence-corrected chi connectivity index (χ3v) is 3.32. The van der Waals surface area contributed by atoms with Gasteiger partial charge in [0.1, 0.15) is 6.07 Å². The largest absolute Gasteiger partial charge is 0.372 e. The lowest BCUT2D eigenvalue weighted by Gasteiger charge is -2.37. The molecule has 2 atom stereocenters. The van der Waals surface area contributed by atoms with Crippen LogP contribution in [0.2, 0.25) is 0 Å². The van der Waals surface area contributed by atoms with Gasteiger partial charge in [0.2, 0.25) is 0 Å². The molecular formula is C15H21N3O. The molecule has 0 aliphatic carbocycles. The maximum absolute atomic E-state index is 9.35. The molecule has 1 aliphatic rings. The van der Waals surface area contributed by atoms with Crippen molar-refractivity contribution in [2.75, 3.05) is 25.0 Å². The van der Waals surface area contributed by atoms with Crippen molar-refractivity contribution in [1.82, 2.24) is 5.32 Å². The van der Waals surface area contributed by atoms with Gasteiger partial charge in [-0.1, -0.05) is 6.07 Å². The van der Waals surface area contributed by atoms with Crippen LogP contribution in [0.25, 0.3) is 0 Å². The first-order chi connectivity index (χ1) is 9.13. The van der Waals surface area contributed by atoms with Crippen molar-refractivity contribution in [1.29, 1.82) is 5.26 Å². The summed E-state index contributed by atoms with van der Waals surface area (Å²) in [6.45, 7) is 6.60. The number of hydrogen-bond donors (Lipinski definition) is 1. The first kappa shape index (κ1) is 13.9. The number of hydrogen-bond acceptors (Lipinski definition) is 4. The molecule has 1 N–H and O–H groups in total. The van der Waals surface area contributed by atoms with Crippen LogP contribution < -0.4 is 10.2 Å². The molecule has 1 heterocycles. The maximum atomic E-state index is 9.35. The van der Waals surface area contributed by atoms with Crippen molar-refractivity contribution in [2.24, 2.45) is 0 Å². The van der Waals surface area contributed by atoms with Crippen molar-refractivity contribution in [3.8, 4) is 6.07 Å². The summed E-state index contributed by atoms with van der Waals surface area (Å²) >= 11 is 0. The summed E-state index contributed by atoms with van der Waals surface area (Å²) in [6, 6.07) is 8.41. The predicted octanol–water partition coefficient (Wildman–Crippen LogP) is 1.89. The van der Waals surface area contributed by atoms with Gasteiger partial charge in [0, 0.05) is 19.6 Å². The summed E-state index contributed by atoms with van der Waals surface area (Å²) in [6.07, 6.45) is 0.402. The van der Waals surface area contributed by atoms with Crippen molar-refractivity contribution in [3.63, 3.8) is 0 Å². The Morgan fingerprint density at radius 3 is 2.63 bits per heavy atom. The van der Waals surface area contributed by atoms with E-state index in [1.807, 2.05) is 13.1 Å². The van der Waals surface area contributed by atoms with Gasteiger partial charge < -0.3 is 15.0 Å². The van der Waals surface area contributed by atoms with Crippen LogP contribution in [0.4, 0.5) is 5.69 Å². The summed E-state index contributed by atoms with van der Waals surface area (Å²) in [5, 5.41) is 12.5. The molecule has 2 rings (SSSR count). The smallest absolute Gasteiger partial charge is 0.101 e. The fraction of sp³-hybridized carbons (Fsp3) is 0.533. The minimum absolute atomic E-state index is 0.201. The average Bonchev–Trinajstić information content (AvgIpc) is 2.37. The molecule has 1 saturated heterocycles. The molecule has 0 bridgehead atoms. The van der Waals surface area contributed by atoms with E-state index in [1.54, 1.807) is 0 Å². The van der Waals surface area contributed by atoms with Crippen LogP contribution in [0.3, 0.4) is 0 Å². The normalized spacial score (nSPS) is 23.2. The quantitative estimate of drug-likeness (QED) is 0.900. The van der Waals surface area contributed by atoms with Gasteiger partial charge in [0.25, 0.3) is 0 Å². The molecule has 2 unspecified atom stereocenters. The second-order valence-electron chi connectivity index (χ2n) is 5.16. The highest BCUT2D eigenvalue weighted by molar-refractivity contribution is 5.61. The average molecular weight is 259 g/mol. The summed E-state index contributed by atoms with van der Waals surface area (Å²) in [4.78, 5) is 2.25. The second-order valence-corrected chi connectivity index (χ2v) is 5.16. The van der Waals surface area contributed by atoms with Crippen molar-refractivity contribution in [2.45, 2.75) is 32.6 Å². The molecule has 0 amide bonds. The number of ether oxygens (including phenoxy) is 1. The van der Waals surface area contributed by atoms with Crippen molar-refractivity contribution >= 4 is 5.69 Å². The van der Waals surface area contributed by atoms with Gasteiger partial charge >= 0.3 is 0 Å². The highest BCUT2D eigenvalue weighted by Gasteiger charge is 2.23. The maximum Gasteiger partial charge on any atom is 0.101 e. The van der Waals surface area contributed by atoms with Crippen LogP contribution in [0.15, 0.2) is 18.2 Å². The van der Waals surface area contributed by atoms with Crippen molar-refractivity contribution < 1.29 is 4.74 Å². The van der Waals surface area contributed by atoms with E-state index >= 15 is 0 Å². The number of rotatable bonds is 3. The molecule has 1 aliphatic heterocycles. The molecular weight excluding hydrogens is 238 g/mol. The fourth-order valence-electron chi connectivity index (χ4n) is 2.64. The Morgan fingerprint density at radius 1 is 1.37 bits per heavy atom. The molecule has 0 radical (unpaired) electrons.